The fourth-order valence-electron chi connectivity index (χ4n) is 13.4. The van der Waals surface area contributed by atoms with Gasteiger partial charge < -0.3 is 47.7 Å². The number of likely N-dealkylation sites (N-methyl/N-ethyl adjacent to an activating group) is 1. The Morgan fingerprint density at radius 3 is 2.14 bits per heavy atom. The molecule has 0 spiro atoms. The van der Waals surface area contributed by atoms with Crippen LogP contribution in [0.2, 0.25) is 0 Å². The first kappa shape index (κ1) is 46.9. The third-order valence-corrected chi connectivity index (χ3v) is 16.7. The number of hydrogen-bond donors (Lipinski definition) is 0. The standard InChI is InChI=1S/C53H74N2O10/c1-10-35-17-14-18-43(65-45-24-23-42(54(5)6)30(3)61-45)29(2)49(57)41-27-38-37-25-36(64-53-52(60-9)51(59-8)50(58-7)31(4)62-53)26-40(37)47-48(46(38)39(41)28-44(56)63-35)55(47)34-21-19-33(20-22-34)32-15-12-11-13-16-32/h11-13,15-16,19-22,27,29-31,35-40,42-43,45-48,50-53H,10,14,17-18,23-26,28H2,1-9H3/t29-,30?,31?,35+,36+,37+,38+,39-,40-,42+,43+,45+,46-,47+,48-,50+,51?,52+,53+,55?/m1/s1. The first-order valence-electron chi connectivity index (χ1n) is 24.7. The van der Waals surface area contributed by atoms with Crippen molar-refractivity contribution in [2.45, 2.75) is 165 Å². The molecule has 3 unspecified atom stereocenters. The van der Waals surface area contributed by atoms with Crippen LogP contribution in [0.1, 0.15) is 85.5 Å². The highest BCUT2D eigenvalue weighted by atomic mass is 16.7. The van der Waals surface area contributed by atoms with Crippen LogP contribution in [0.4, 0.5) is 5.69 Å². The Bertz CT molecular complexity index is 1980. The van der Waals surface area contributed by atoms with Crippen molar-refractivity contribution in [3.05, 3.63) is 66.2 Å². The summed E-state index contributed by atoms with van der Waals surface area (Å²) in [5.74, 6) is -0.115. The van der Waals surface area contributed by atoms with Gasteiger partial charge in [-0.05, 0) is 132 Å². The number of allylic oxidation sites excluding steroid dienone is 2. The summed E-state index contributed by atoms with van der Waals surface area (Å²) in [6, 6.07) is 20.1. The van der Waals surface area contributed by atoms with E-state index in [1.165, 1.54) is 16.8 Å². The third-order valence-electron chi connectivity index (χ3n) is 16.7. The Morgan fingerprint density at radius 2 is 1.46 bits per heavy atom. The summed E-state index contributed by atoms with van der Waals surface area (Å²) in [4.78, 5) is 34.3. The van der Waals surface area contributed by atoms with Crippen molar-refractivity contribution >= 4 is 17.4 Å². The van der Waals surface area contributed by atoms with E-state index in [1.807, 2.05) is 19.9 Å². The number of cyclic esters (lactones) is 1. The van der Waals surface area contributed by atoms with Crippen LogP contribution >= 0.6 is 0 Å². The van der Waals surface area contributed by atoms with Crippen LogP contribution in [0.15, 0.2) is 66.2 Å². The maximum absolute atomic E-state index is 15.3. The molecule has 9 rings (SSSR count). The van der Waals surface area contributed by atoms with Crippen LogP contribution in [0.3, 0.4) is 0 Å². The quantitative estimate of drug-likeness (QED) is 0.162. The Balaban J connectivity index is 1.04. The largest absolute Gasteiger partial charge is 0.462 e. The SMILES string of the molecule is CC[C@H]1CCC[C@H](O[C@H]2CC[C@H](N(C)C)C(C)O2)[C@@H](C)C(=O)C2=C[C@H]3[C@@H]4C[C@H](O[C@@H]5OC(C)[C@H](OC)C(OC)[C@@H]5OC)C[C@H]4[C@H]4[C@@H]([C@H]3[C@@H]2CC(=O)O1)N4c1ccc(-c2ccccc2)cc1. The number of rotatable bonds is 11. The number of hydrogen-bond acceptors (Lipinski definition) is 12. The van der Waals surface area contributed by atoms with Gasteiger partial charge in [0, 0.05) is 44.9 Å². The first-order valence-corrected chi connectivity index (χ1v) is 24.7. The summed E-state index contributed by atoms with van der Waals surface area (Å²) in [5.41, 5.74) is 4.30. The zero-order valence-electron chi connectivity index (χ0n) is 40.1. The number of nitrogens with zero attached hydrogens (tertiary/aromatic N) is 2. The van der Waals surface area contributed by atoms with E-state index in [4.69, 9.17) is 37.9 Å². The lowest BCUT2D eigenvalue weighted by Crippen LogP contribution is -2.59. The predicted octanol–water partition coefficient (Wildman–Crippen LogP) is 7.86. The van der Waals surface area contributed by atoms with E-state index in [0.717, 1.165) is 50.5 Å². The summed E-state index contributed by atoms with van der Waals surface area (Å²) in [6.07, 6.45) is 5.89. The molecular formula is C53H74N2O10. The molecule has 12 heteroatoms. The molecule has 4 heterocycles. The van der Waals surface area contributed by atoms with E-state index in [-0.39, 0.29) is 103 Å². The van der Waals surface area contributed by atoms with Gasteiger partial charge in [-0.1, -0.05) is 62.4 Å². The number of fused-ring (bicyclic) bond motifs is 8. The van der Waals surface area contributed by atoms with Crippen LogP contribution in [0.5, 0.6) is 0 Å². The summed E-state index contributed by atoms with van der Waals surface area (Å²) in [6.45, 7) is 8.25. The minimum absolute atomic E-state index is 0.0169. The molecule has 2 aromatic rings. The Morgan fingerprint density at radius 1 is 0.754 bits per heavy atom. The molecule has 2 aromatic carbocycles. The molecule has 7 aliphatic rings. The minimum Gasteiger partial charge on any atom is -0.462 e. The lowest BCUT2D eigenvalue weighted by atomic mass is 9.66. The summed E-state index contributed by atoms with van der Waals surface area (Å²) >= 11 is 0. The molecule has 0 radical (unpaired) electrons. The number of methoxy groups -OCH3 is 3. The average molecular weight is 899 g/mol. The summed E-state index contributed by atoms with van der Waals surface area (Å²) < 4.78 is 50.9. The number of carbonyl (C=O) groups is 2. The molecule has 65 heavy (non-hydrogen) atoms. The molecule has 19 atom stereocenters. The van der Waals surface area contributed by atoms with E-state index in [2.05, 4.69) is 92.3 Å². The first-order chi connectivity index (χ1) is 31.4. The zero-order chi connectivity index (χ0) is 45.7. The lowest BCUT2D eigenvalue weighted by Gasteiger charge is -2.44. The van der Waals surface area contributed by atoms with Gasteiger partial charge in [0.2, 0.25) is 0 Å². The Hall–Kier alpha value is -3.20. The molecular weight excluding hydrogens is 825 g/mol. The molecule has 12 nitrogen and oxygen atoms in total. The third kappa shape index (κ3) is 9.12. The second-order valence-electron chi connectivity index (χ2n) is 20.4. The Kier molecular flexibility index (Phi) is 14.3. The second-order valence-corrected chi connectivity index (χ2v) is 20.4. The topological polar surface area (TPSA) is 114 Å². The van der Waals surface area contributed by atoms with Crippen molar-refractivity contribution in [3.8, 4) is 11.1 Å². The normalized spacial score (nSPS) is 41.9. The van der Waals surface area contributed by atoms with Gasteiger partial charge in [0.05, 0.1) is 42.9 Å². The number of benzene rings is 2. The average Bonchev–Trinajstić information content (AvgIpc) is 3.71. The van der Waals surface area contributed by atoms with E-state index in [1.54, 1.807) is 21.3 Å². The van der Waals surface area contributed by atoms with Crippen LogP contribution in [-0.4, -0.2) is 132 Å². The van der Waals surface area contributed by atoms with Crippen molar-refractivity contribution in [1.29, 1.82) is 0 Å². The molecule has 2 saturated carbocycles. The van der Waals surface area contributed by atoms with Gasteiger partial charge in [-0.2, -0.15) is 0 Å². The van der Waals surface area contributed by atoms with Gasteiger partial charge in [0.1, 0.15) is 24.4 Å². The number of ether oxygens (including phenoxy) is 8. The Labute approximate surface area is 386 Å². The fourth-order valence-corrected chi connectivity index (χ4v) is 13.4. The van der Waals surface area contributed by atoms with E-state index >= 15 is 4.79 Å². The highest BCUT2D eigenvalue weighted by molar-refractivity contribution is 5.99. The summed E-state index contributed by atoms with van der Waals surface area (Å²) in [5, 5.41) is 0. The number of ketones is 1. The highest BCUT2D eigenvalue weighted by Gasteiger charge is 2.69. The second kappa shape index (κ2) is 19.8. The molecule has 0 bridgehead atoms. The van der Waals surface area contributed by atoms with Crippen LogP contribution in [-0.2, 0) is 47.5 Å². The van der Waals surface area contributed by atoms with Crippen LogP contribution in [0.25, 0.3) is 11.1 Å². The van der Waals surface area contributed by atoms with Gasteiger partial charge >= 0.3 is 5.97 Å². The molecule has 6 fully saturated rings. The van der Waals surface area contributed by atoms with E-state index < -0.39 is 18.3 Å². The minimum atomic E-state index is -0.633. The molecule has 0 amide bonds. The van der Waals surface area contributed by atoms with Gasteiger partial charge in [-0.25, -0.2) is 0 Å². The van der Waals surface area contributed by atoms with Crippen molar-refractivity contribution in [2.75, 3.05) is 40.3 Å². The fraction of sp³-hybridized carbons (Fsp3) is 0.698. The summed E-state index contributed by atoms with van der Waals surface area (Å²) in [7, 11) is 9.22. The number of esters is 1. The van der Waals surface area contributed by atoms with Gasteiger partial charge in [0.15, 0.2) is 18.4 Å². The van der Waals surface area contributed by atoms with Crippen molar-refractivity contribution in [2.24, 2.45) is 35.5 Å². The van der Waals surface area contributed by atoms with E-state index in [9.17, 15) is 4.79 Å². The number of anilines is 1. The molecule has 3 aliphatic carbocycles. The number of carbonyl (C=O) groups excluding carboxylic acids is 2. The number of Topliss-reactive ketones (excluding diaryl/α,β-unsaturated/α-hetero) is 1. The predicted molar refractivity (Wildman–Crippen MR) is 247 cm³/mol. The molecule has 4 saturated heterocycles. The van der Waals surface area contributed by atoms with Gasteiger partial charge in [-0.3, -0.25) is 9.59 Å². The van der Waals surface area contributed by atoms with Crippen molar-refractivity contribution in [3.63, 3.8) is 0 Å². The molecule has 0 aromatic heterocycles. The van der Waals surface area contributed by atoms with Crippen molar-refractivity contribution < 1.29 is 47.5 Å². The maximum Gasteiger partial charge on any atom is 0.306 e. The molecule has 0 N–H and O–H groups in total. The van der Waals surface area contributed by atoms with Gasteiger partial charge in [0.25, 0.3) is 0 Å². The molecule has 356 valence electrons. The van der Waals surface area contributed by atoms with Gasteiger partial charge in [-0.15, -0.1) is 0 Å². The molecule has 4 aliphatic heterocycles. The monoisotopic (exact) mass is 899 g/mol. The smallest absolute Gasteiger partial charge is 0.306 e. The zero-order valence-corrected chi connectivity index (χ0v) is 40.1. The highest BCUT2D eigenvalue weighted by Crippen LogP contribution is 2.65. The lowest BCUT2D eigenvalue weighted by molar-refractivity contribution is -0.314. The van der Waals surface area contributed by atoms with E-state index in [0.29, 0.717) is 18.4 Å². The van der Waals surface area contributed by atoms with Crippen molar-refractivity contribution in [1.82, 2.24) is 4.90 Å². The van der Waals surface area contributed by atoms with Crippen LogP contribution < -0.4 is 4.90 Å². The van der Waals surface area contributed by atoms with Crippen LogP contribution in [0, 0.1) is 35.5 Å². The maximum atomic E-state index is 15.3.